The largest absolute Gasteiger partial charge is 0.454 e. The van der Waals surface area contributed by atoms with Gasteiger partial charge in [0.1, 0.15) is 0 Å². The maximum absolute atomic E-state index is 12.5. The predicted molar refractivity (Wildman–Crippen MR) is 85.4 cm³/mol. The standard InChI is InChI=1S/C18H20N2O3/c1-19-8-6-14-11-20(9-7-15(14)19)18(21)5-3-13-2-4-16-17(10-13)23-12-22-16/h2,4,6,8,10H,3,5,7,9,11-12H2,1H3. The molecular formula is C18H20N2O3. The number of hydrogen-bond donors (Lipinski definition) is 0. The predicted octanol–water partition coefficient (Wildman–Crippen LogP) is 2.27. The minimum Gasteiger partial charge on any atom is -0.454 e. The van der Waals surface area contributed by atoms with E-state index in [2.05, 4.69) is 23.9 Å². The molecule has 0 aliphatic carbocycles. The lowest BCUT2D eigenvalue weighted by atomic mass is 10.1. The van der Waals surface area contributed by atoms with Gasteiger partial charge in [-0.1, -0.05) is 6.07 Å². The number of ether oxygens (including phenoxy) is 2. The molecule has 1 aromatic carbocycles. The minimum absolute atomic E-state index is 0.220. The van der Waals surface area contributed by atoms with Crippen molar-refractivity contribution in [3.63, 3.8) is 0 Å². The summed E-state index contributed by atoms with van der Waals surface area (Å²) in [7, 11) is 2.07. The highest BCUT2D eigenvalue weighted by Gasteiger charge is 2.22. The number of aryl methyl sites for hydroxylation is 2. The maximum atomic E-state index is 12.5. The molecule has 2 aliphatic heterocycles. The zero-order valence-corrected chi connectivity index (χ0v) is 13.2. The molecule has 23 heavy (non-hydrogen) atoms. The van der Waals surface area contributed by atoms with E-state index in [9.17, 15) is 4.79 Å². The zero-order chi connectivity index (χ0) is 15.8. The van der Waals surface area contributed by atoms with Crippen LogP contribution in [-0.4, -0.2) is 28.7 Å². The van der Waals surface area contributed by atoms with Crippen LogP contribution in [0.25, 0.3) is 0 Å². The van der Waals surface area contributed by atoms with E-state index >= 15 is 0 Å². The van der Waals surface area contributed by atoms with Gasteiger partial charge in [0.15, 0.2) is 11.5 Å². The van der Waals surface area contributed by atoms with Gasteiger partial charge in [0, 0.05) is 44.9 Å². The number of nitrogens with zero attached hydrogens (tertiary/aromatic N) is 2. The fourth-order valence-electron chi connectivity index (χ4n) is 3.34. The molecule has 5 nitrogen and oxygen atoms in total. The van der Waals surface area contributed by atoms with Crippen molar-refractivity contribution in [3.05, 3.63) is 47.3 Å². The van der Waals surface area contributed by atoms with Crippen molar-refractivity contribution >= 4 is 5.91 Å². The van der Waals surface area contributed by atoms with Gasteiger partial charge in [-0.2, -0.15) is 0 Å². The summed E-state index contributed by atoms with van der Waals surface area (Å²) in [6.45, 7) is 1.83. The summed E-state index contributed by atoms with van der Waals surface area (Å²) in [5.74, 6) is 1.78. The number of amides is 1. The number of benzene rings is 1. The molecule has 2 aliphatic rings. The highest BCUT2D eigenvalue weighted by Crippen LogP contribution is 2.32. The SMILES string of the molecule is Cn1ccc2c1CCN(C(=O)CCc1ccc3c(c1)OCO3)C2. The van der Waals surface area contributed by atoms with E-state index in [0.717, 1.165) is 43.0 Å². The van der Waals surface area contributed by atoms with Crippen LogP contribution in [0.1, 0.15) is 23.2 Å². The average molecular weight is 312 g/mol. The van der Waals surface area contributed by atoms with Gasteiger partial charge < -0.3 is 18.9 Å². The summed E-state index contributed by atoms with van der Waals surface area (Å²) < 4.78 is 12.9. The molecule has 2 aromatic rings. The van der Waals surface area contributed by atoms with E-state index in [-0.39, 0.29) is 12.7 Å². The van der Waals surface area contributed by atoms with E-state index in [4.69, 9.17) is 9.47 Å². The maximum Gasteiger partial charge on any atom is 0.231 e. The van der Waals surface area contributed by atoms with Gasteiger partial charge in [-0.25, -0.2) is 0 Å². The Labute approximate surface area is 135 Å². The van der Waals surface area contributed by atoms with Crippen LogP contribution in [0.3, 0.4) is 0 Å². The Balaban J connectivity index is 1.37. The van der Waals surface area contributed by atoms with Gasteiger partial charge in [0.25, 0.3) is 0 Å². The van der Waals surface area contributed by atoms with Gasteiger partial charge in [0.05, 0.1) is 0 Å². The Morgan fingerprint density at radius 3 is 3.00 bits per heavy atom. The monoisotopic (exact) mass is 312 g/mol. The summed E-state index contributed by atoms with van der Waals surface area (Å²) >= 11 is 0. The summed E-state index contributed by atoms with van der Waals surface area (Å²) in [6, 6.07) is 8.01. The second-order valence-corrected chi connectivity index (χ2v) is 6.15. The molecule has 3 heterocycles. The van der Waals surface area contributed by atoms with Crippen LogP contribution >= 0.6 is 0 Å². The Hall–Kier alpha value is -2.43. The topological polar surface area (TPSA) is 43.7 Å². The van der Waals surface area contributed by atoms with Crippen molar-refractivity contribution in [1.29, 1.82) is 0 Å². The fraction of sp³-hybridized carbons (Fsp3) is 0.389. The van der Waals surface area contributed by atoms with Crippen LogP contribution < -0.4 is 9.47 Å². The zero-order valence-electron chi connectivity index (χ0n) is 13.2. The lowest BCUT2D eigenvalue weighted by Gasteiger charge is -2.28. The van der Waals surface area contributed by atoms with E-state index < -0.39 is 0 Å². The van der Waals surface area contributed by atoms with E-state index in [1.54, 1.807) is 0 Å². The van der Waals surface area contributed by atoms with Crippen LogP contribution in [0, 0.1) is 0 Å². The molecule has 0 unspecified atom stereocenters. The van der Waals surface area contributed by atoms with E-state index in [0.29, 0.717) is 6.42 Å². The summed E-state index contributed by atoms with van der Waals surface area (Å²) in [4.78, 5) is 14.5. The van der Waals surface area contributed by atoms with Crippen LogP contribution in [0.2, 0.25) is 0 Å². The Morgan fingerprint density at radius 2 is 2.09 bits per heavy atom. The smallest absolute Gasteiger partial charge is 0.231 e. The molecule has 1 aromatic heterocycles. The van der Waals surface area contributed by atoms with Crippen molar-refractivity contribution in [1.82, 2.24) is 9.47 Å². The molecule has 0 fully saturated rings. The Morgan fingerprint density at radius 1 is 1.22 bits per heavy atom. The molecule has 0 spiro atoms. The summed E-state index contributed by atoms with van der Waals surface area (Å²) in [5, 5.41) is 0. The fourth-order valence-corrected chi connectivity index (χ4v) is 3.34. The number of carbonyl (C=O) groups excluding carboxylic acids is 1. The molecule has 0 saturated carbocycles. The first-order chi connectivity index (χ1) is 11.2. The highest BCUT2D eigenvalue weighted by atomic mass is 16.7. The number of aromatic nitrogens is 1. The van der Waals surface area contributed by atoms with Crippen molar-refractivity contribution in [2.75, 3.05) is 13.3 Å². The van der Waals surface area contributed by atoms with Gasteiger partial charge in [-0.15, -0.1) is 0 Å². The van der Waals surface area contributed by atoms with Gasteiger partial charge >= 0.3 is 0 Å². The average Bonchev–Trinajstić information content (AvgIpc) is 3.18. The normalized spacial score (nSPS) is 15.6. The molecule has 0 bridgehead atoms. The molecule has 120 valence electrons. The first kappa shape index (κ1) is 14.2. The van der Waals surface area contributed by atoms with Crippen molar-refractivity contribution in [2.24, 2.45) is 7.05 Å². The third kappa shape index (κ3) is 2.67. The van der Waals surface area contributed by atoms with Crippen molar-refractivity contribution in [2.45, 2.75) is 25.8 Å². The molecule has 1 amide bonds. The van der Waals surface area contributed by atoms with Gasteiger partial charge in [0.2, 0.25) is 12.7 Å². The quantitative estimate of drug-likeness (QED) is 0.873. The molecule has 4 rings (SSSR count). The van der Waals surface area contributed by atoms with Crippen LogP contribution in [0.15, 0.2) is 30.5 Å². The minimum atomic E-state index is 0.220. The van der Waals surface area contributed by atoms with Crippen LogP contribution in [0.4, 0.5) is 0 Å². The van der Waals surface area contributed by atoms with Gasteiger partial charge in [-0.05, 0) is 35.7 Å². The second-order valence-electron chi connectivity index (χ2n) is 6.15. The third-order valence-corrected chi connectivity index (χ3v) is 4.69. The molecule has 0 N–H and O–H groups in total. The van der Waals surface area contributed by atoms with Crippen LogP contribution in [-0.2, 0) is 31.2 Å². The lowest BCUT2D eigenvalue weighted by molar-refractivity contribution is -0.132. The second kappa shape index (κ2) is 5.65. The molecule has 5 heteroatoms. The van der Waals surface area contributed by atoms with Crippen molar-refractivity contribution in [3.8, 4) is 11.5 Å². The van der Waals surface area contributed by atoms with Gasteiger partial charge in [-0.3, -0.25) is 4.79 Å². The number of hydrogen-bond acceptors (Lipinski definition) is 3. The lowest BCUT2D eigenvalue weighted by Crippen LogP contribution is -2.36. The number of rotatable bonds is 3. The molecular weight excluding hydrogens is 292 g/mol. The Kier molecular flexibility index (Phi) is 3.48. The molecule has 0 radical (unpaired) electrons. The first-order valence-corrected chi connectivity index (χ1v) is 8.00. The van der Waals surface area contributed by atoms with E-state index in [1.807, 2.05) is 23.1 Å². The summed E-state index contributed by atoms with van der Waals surface area (Å²) in [5.41, 5.74) is 3.74. The summed E-state index contributed by atoms with van der Waals surface area (Å²) in [6.07, 6.45) is 4.27. The van der Waals surface area contributed by atoms with Crippen LogP contribution in [0.5, 0.6) is 11.5 Å². The number of fused-ring (bicyclic) bond motifs is 2. The number of carbonyl (C=O) groups is 1. The highest BCUT2D eigenvalue weighted by molar-refractivity contribution is 5.76. The Bertz CT molecular complexity index is 751. The van der Waals surface area contributed by atoms with E-state index in [1.165, 1.54) is 11.3 Å². The first-order valence-electron chi connectivity index (χ1n) is 8.00. The molecule has 0 atom stereocenters. The molecule has 0 saturated heterocycles. The third-order valence-electron chi connectivity index (χ3n) is 4.69. The van der Waals surface area contributed by atoms with Crippen molar-refractivity contribution < 1.29 is 14.3 Å².